The number of ether oxygens (including phenoxy) is 2. The van der Waals surface area contributed by atoms with E-state index in [1.54, 1.807) is 12.4 Å². The lowest BCUT2D eigenvalue weighted by Crippen LogP contribution is -2.54. The van der Waals surface area contributed by atoms with Gasteiger partial charge in [-0.1, -0.05) is 12.5 Å². The van der Waals surface area contributed by atoms with E-state index < -0.39 is 5.79 Å². The molecule has 0 bridgehead atoms. The van der Waals surface area contributed by atoms with Gasteiger partial charge in [0.25, 0.3) is 0 Å². The number of nitrogens with zero attached hydrogens (tertiary/aromatic N) is 2. The molecule has 6 nitrogen and oxygen atoms in total. The number of piperidine rings is 1. The van der Waals surface area contributed by atoms with E-state index in [4.69, 9.17) is 9.47 Å². The summed E-state index contributed by atoms with van der Waals surface area (Å²) >= 11 is 0. The molecule has 1 aromatic heterocycles. The Hall–Kier alpha value is -2.44. The Labute approximate surface area is 171 Å². The average molecular weight is 393 g/mol. The van der Waals surface area contributed by atoms with E-state index in [9.17, 15) is 4.79 Å². The van der Waals surface area contributed by atoms with Gasteiger partial charge in [-0.2, -0.15) is 0 Å². The minimum atomic E-state index is -0.488. The van der Waals surface area contributed by atoms with E-state index in [0.717, 1.165) is 54.5 Å². The van der Waals surface area contributed by atoms with Gasteiger partial charge in [-0.3, -0.25) is 14.7 Å². The number of amides is 1. The number of fused-ring (bicyclic) bond motifs is 1. The quantitative estimate of drug-likeness (QED) is 0.861. The number of carbonyl (C=O) groups is 1. The van der Waals surface area contributed by atoms with Gasteiger partial charge in [-0.15, -0.1) is 0 Å². The lowest BCUT2D eigenvalue weighted by molar-refractivity contribution is -0.231. The SMILES string of the molecule is O=C(Cc1cccnc1)Nc1ccc2c(c1)COC1(CCN(C3CCC3)CC1)O2. The maximum atomic E-state index is 12.3. The van der Waals surface area contributed by atoms with Gasteiger partial charge in [0.15, 0.2) is 0 Å². The monoisotopic (exact) mass is 393 g/mol. The molecular weight excluding hydrogens is 366 g/mol. The molecular formula is C23H27N3O3. The largest absolute Gasteiger partial charge is 0.462 e. The van der Waals surface area contributed by atoms with Crippen LogP contribution < -0.4 is 10.1 Å². The highest BCUT2D eigenvalue weighted by atomic mass is 16.7. The van der Waals surface area contributed by atoms with E-state index in [1.165, 1.54) is 19.3 Å². The first-order valence-electron chi connectivity index (χ1n) is 10.6. The fraction of sp³-hybridized carbons (Fsp3) is 0.478. The van der Waals surface area contributed by atoms with Crippen LogP contribution in [0.4, 0.5) is 5.69 Å². The number of pyridine rings is 1. The molecule has 1 spiro atoms. The summed E-state index contributed by atoms with van der Waals surface area (Å²) in [6.45, 7) is 2.61. The van der Waals surface area contributed by atoms with Crippen LogP contribution in [-0.4, -0.2) is 40.7 Å². The summed E-state index contributed by atoms with van der Waals surface area (Å²) in [4.78, 5) is 18.9. The molecule has 0 atom stereocenters. The fourth-order valence-corrected chi connectivity index (χ4v) is 4.43. The highest BCUT2D eigenvalue weighted by Crippen LogP contribution is 2.40. The predicted molar refractivity (Wildman–Crippen MR) is 110 cm³/mol. The van der Waals surface area contributed by atoms with Crippen LogP contribution in [0.25, 0.3) is 0 Å². The third-order valence-corrected chi connectivity index (χ3v) is 6.37. The minimum Gasteiger partial charge on any atom is -0.462 e. The van der Waals surface area contributed by atoms with Crippen molar-refractivity contribution in [3.8, 4) is 5.75 Å². The molecule has 5 rings (SSSR count). The first-order chi connectivity index (χ1) is 14.2. The molecule has 6 heteroatoms. The van der Waals surface area contributed by atoms with Crippen molar-refractivity contribution in [2.24, 2.45) is 0 Å². The Kier molecular flexibility index (Phi) is 4.97. The summed E-state index contributed by atoms with van der Waals surface area (Å²) in [5.74, 6) is 0.326. The molecule has 1 N–H and O–H groups in total. The maximum Gasteiger partial charge on any atom is 0.228 e. The molecule has 152 valence electrons. The zero-order valence-corrected chi connectivity index (χ0v) is 16.6. The lowest BCUT2D eigenvalue weighted by atomic mass is 9.89. The van der Waals surface area contributed by atoms with Crippen LogP contribution >= 0.6 is 0 Å². The summed E-state index contributed by atoms with van der Waals surface area (Å²) in [6, 6.07) is 10.3. The predicted octanol–water partition coefficient (Wildman–Crippen LogP) is 3.52. The standard InChI is InChI=1S/C23H27N3O3/c27-22(13-17-3-2-10-24-15-17)25-19-6-7-21-18(14-19)16-28-23(29-21)8-11-26(12-9-23)20-4-1-5-20/h2-3,6-7,10,14-15,20H,1,4-5,8-9,11-13,16H2,(H,25,27). The average Bonchev–Trinajstić information content (AvgIpc) is 2.69. The Morgan fingerprint density at radius 2 is 2.10 bits per heavy atom. The molecule has 0 radical (unpaired) electrons. The van der Waals surface area contributed by atoms with Crippen molar-refractivity contribution in [1.82, 2.24) is 9.88 Å². The highest BCUT2D eigenvalue weighted by Gasteiger charge is 2.42. The second-order valence-corrected chi connectivity index (χ2v) is 8.33. The van der Waals surface area contributed by atoms with Crippen LogP contribution in [0.3, 0.4) is 0 Å². The van der Waals surface area contributed by atoms with Crippen LogP contribution in [0.2, 0.25) is 0 Å². The number of carbonyl (C=O) groups excluding carboxylic acids is 1. The van der Waals surface area contributed by atoms with Gasteiger partial charge in [0.2, 0.25) is 11.7 Å². The number of hydrogen-bond acceptors (Lipinski definition) is 5. The smallest absolute Gasteiger partial charge is 0.228 e. The highest BCUT2D eigenvalue weighted by molar-refractivity contribution is 5.92. The Morgan fingerprint density at radius 1 is 1.24 bits per heavy atom. The molecule has 1 aliphatic carbocycles. The van der Waals surface area contributed by atoms with Gasteiger partial charge in [0.05, 0.1) is 13.0 Å². The van der Waals surface area contributed by atoms with Crippen molar-refractivity contribution < 1.29 is 14.3 Å². The molecule has 1 amide bonds. The van der Waals surface area contributed by atoms with Crippen molar-refractivity contribution in [2.45, 2.75) is 57.0 Å². The molecule has 3 aliphatic rings. The van der Waals surface area contributed by atoms with Gasteiger partial charge in [-0.25, -0.2) is 0 Å². The van der Waals surface area contributed by atoms with Gasteiger partial charge >= 0.3 is 0 Å². The van der Waals surface area contributed by atoms with Crippen molar-refractivity contribution >= 4 is 11.6 Å². The topological polar surface area (TPSA) is 63.7 Å². The second-order valence-electron chi connectivity index (χ2n) is 8.33. The zero-order valence-electron chi connectivity index (χ0n) is 16.6. The summed E-state index contributed by atoms with van der Waals surface area (Å²) in [6.07, 6.45) is 9.59. The molecule has 1 saturated carbocycles. The fourth-order valence-electron chi connectivity index (χ4n) is 4.43. The lowest BCUT2D eigenvalue weighted by Gasteiger charge is -2.47. The molecule has 3 heterocycles. The normalized spacial score (nSPS) is 21.1. The zero-order chi connectivity index (χ0) is 19.7. The molecule has 2 fully saturated rings. The first kappa shape index (κ1) is 18.6. The van der Waals surface area contributed by atoms with Crippen LogP contribution in [0.5, 0.6) is 5.75 Å². The van der Waals surface area contributed by atoms with Crippen LogP contribution in [-0.2, 0) is 22.6 Å². The van der Waals surface area contributed by atoms with Crippen LogP contribution in [0.1, 0.15) is 43.2 Å². The molecule has 2 aromatic rings. The molecule has 0 unspecified atom stereocenters. The Bertz CT molecular complexity index is 874. The van der Waals surface area contributed by atoms with Crippen LogP contribution in [0, 0.1) is 0 Å². The second kappa shape index (κ2) is 7.76. The van der Waals surface area contributed by atoms with E-state index >= 15 is 0 Å². The first-order valence-corrected chi connectivity index (χ1v) is 10.6. The Morgan fingerprint density at radius 3 is 2.83 bits per heavy atom. The van der Waals surface area contributed by atoms with E-state index in [1.807, 2.05) is 30.3 Å². The van der Waals surface area contributed by atoms with Crippen molar-refractivity contribution in [3.63, 3.8) is 0 Å². The summed E-state index contributed by atoms with van der Waals surface area (Å²) in [5, 5.41) is 2.96. The van der Waals surface area contributed by atoms with Crippen molar-refractivity contribution in [2.75, 3.05) is 18.4 Å². The van der Waals surface area contributed by atoms with Crippen LogP contribution in [0.15, 0.2) is 42.7 Å². The number of rotatable bonds is 4. The Balaban J connectivity index is 1.20. The summed E-state index contributed by atoms with van der Waals surface area (Å²) in [7, 11) is 0. The molecule has 29 heavy (non-hydrogen) atoms. The van der Waals surface area contributed by atoms with E-state index in [2.05, 4.69) is 15.2 Å². The van der Waals surface area contributed by atoms with Crippen molar-refractivity contribution in [3.05, 3.63) is 53.9 Å². The van der Waals surface area contributed by atoms with Crippen molar-refractivity contribution in [1.29, 1.82) is 0 Å². The molecule has 1 saturated heterocycles. The molecule has 2 aliphatic heterocycles. The third-order valence-electron chi connectivity index (χ3n) is 6.37. The van der Waals surface area contributed by atoms with Gasteiger partial charge in [-0.05, 0) is 42.7 Å². The number of anilines is 1. The maximum absolute atomic E-state index is 12.3. The number of hydrogen-bond donors (Lipinski definition) is 1. The van der Waals surface area contributed by atoms with Gasteiger partial charge in [0, 0.05) is 55.6 Å². The third kappa shape index (κ3) is 4.00. The molecule has 1 aromatic carbocycles. The number of nitrogens with one attached hydrogen (secondary N) is 1. The van der Waals surface area contributed by atoms with E-state index in [-0.39, 0.29) is 5.91 Å². The summed E-state index contributed by atoms with van der Waals surface area (Å²) < 4.78 is 12.5. The minimum absolute atomic E-state index is 0.0598. The van der Waals surface area contributed by atoms with Gasteiger partial charge in [0.1, 0.15) is 5.75 Å². The van der Waals surface area contributed by atoms with Gasteiger partial charge < -0.3 is 14.8 Å². The number of benzene rings is 1. The van der Waals surface area contributed by atoms with E-state index in [0.29, 0.717) is 13.0 Å². The number of aromatic nitrogens is 1. The summed E-state index contributed by atoms with van der Waals surface area (Å²) in [5.41, 5.74) is 2.64. The number of likely N-dealkylation sites (tertiary alicyclic amines) is 1.